The van der Waals surface area contributed by atoms with Crippen molar-refractivity contribution in [2.45, 2.75) is 56.4 Å². The number of hydrogen-bond donors (Lipinski definition) is 2. The summed E-state index contributed by atoms with van der Waals surface area (Å²) in [7, 11) is -2.55. The van der Waals surface area contributed by atoms with Gasteiger partial charge in [-0.25, -0.2) is 13.6 Å². The number of nitrogens with one attached hydrogen (secondary N) is 1. The molecule has 0 saturated carbocycles. The van der Waals surface area contributed by atoms with Crippen molar-refractivity contribution in [3.05, 3.63) is 53.6 Å². The number of sulfonamides is 1. The lowest BCUT2D eigenvalue weighted by Crippen LogP contribution is -2.52. The minimum Gasteiger partial charge on any atom is -0.496 e. The van der Waals surface area contributed by atoms with Crippen LogP contribution >= 0.6 is 0 Å². The fourth-order valence-corrected chi connectivity index (χ4v) is 5.73. The second kappa shape index (κ2) is 11.1. The normalized spacial score (nSPS) is 20.6. The first kappa shape index (κ1) is 26.9. The lowest BCUT2D eigenvalue weighted by molar-refractivity contribution is -0.135. The van der Waals surface area contributed by atoms with Crippen molar-refractivity contribution in [3.63, 3.8) is 0 Å². The van der Waals surface area contributed by atoms with Crippen LogP contribution in [0.25, 0.3) is 0 Å². The van der Waals surface area contributed by atoms with Crippen molar-refractivity contribution in [2.24, 2.45) is 10.6 Å². The van der Waals surface area contributed by atoms with Gasteiger partial charge in [0.1, 0.15) is 18.1 Å². The first-order valence-electron chi connectivity index (χ1n) is 12.6. The van der Waals surface area contributed by atoms with Gasteiger partial charge in [-0.05, 0) is 68.9 Å². The van der Waals surface area contributed by atoms with Gasteiger partial charge in [-0.2, -0.15) is 0 Å². The van der Waals surface area contributed by atoms with Crippen LogP contribution in [0, 0.1) is 5.41 Å². The highest BCUT2D eigenvalue weighted by molar-refractivity contribution is 7.89. The molecule has 2 aromatic rings. The topological polar surface area (TPSA) is 128 Å². The van der Waals surface area contributed by atoms with Gasteiger partial charge in [0.15, 0.2) is 0 Å². The number of carbonyl (C=O) groups is 2. The zero-order chi connectivity index (χ0) is 26.6. The number of nitrogens with zero attached hydrogens (tertiary/aromatic N) is 1. The second-order valence-electron chi connectivity index (χ2n) is 9.98. The Bertz CT molecular complexity index is 1250. The Morgan fingerprint density at radius 3 is 2.57 bits per heavy atom. The Morgan fingerprint density at radius 2 is 1.86 bits per heavy atom. The van der Waals surface area contributed by atoms with E-state index in [9.17, 15) is 18.0 Å². The number of para-hydroxylation sites is 1. The lowest BCUT2D eigenvalue weighted by atomic mass is 9.73. The van der Waals surface area contributed by atoms with Crippen LogP contribution in [-0.4, -0.2) is 58.0 Å². The summed E-state index contributed by atoms with van der Waals surface area (Å²) < 4.78 is 35.0. The Labute approximate surface area is 218 Å². The minimum atomic E-state index is -3.98. The smallest absolute Gasteiger partial charge is 0.257 e. The van der Waals surface area contributed by atoms with Crippen LogP contribution < -0.4 is 19.9 Å². The summed E-state index contributed by atoms with van der Waals surface area (Å²) in [6, 6.07) is 11.9. The highest BCUT2D eigenvalue weighted by atomic mass is 32.2. The number of nitrogens with two attached hydrogens (primary N) is 1. The Kier molecular flexibility index (Phi) is 8.08. The SMILES string of the molecule is COc1ccc(S(N)(=O)=O)cc1C(=O)N1CCC2(CCCCc3ccccc3OC[C@@H](C)NC2=O)CC1. The van der Waals surface area contributed by atoms with E-state index < -0.39 is 15.4 Å². The molecule has 10 heteroatoms. The molecule has 0 radical (unpaired) electrons. The third kappa shape index (κ3) is 6.07. The molecule has 0 unspecified atom stereocenters. The molecule has 2 aromatic carbocycles. The molecule has 0 aromatic heterocycles. The van der Waals surface area contributed by atoms with E-state index in [0.29, 0.717) is 32.5 Å². The van der Waals surface area contributed by atoms with Crippen LogP contribution in [0.1, 0.15) is 54.9 Å². The molecule has 200 valence electrons. The van der Waals surface area contributed by atoms with Gasteiger partial charge in [0.2, 0.25) is 15.9 Å². The van der Waals surface area contributed by atoms with Crippen molar-refractivity contribution < 1.29 is 27.5 Å². The number of likely N-dealkylation sites (tertiary alicyclic amines) is 1. The first-order valence-corrected chi connectivity index (χ1v) is 14.2. The number of ether oxygens (including phenoxy) is 2. The third-order valence-electron chi connectivity index (χ3n) is 7.41. The van der Waals surface area contributed by atoms with Gasteiger partial charge in [-0.1, -0.05) is 24.6 Å². The van der Waals surface area contributed by atoms with E-state index in [2.05, 4.69) is 11.4 Å². The highest BCUT2D eigenvalue weighted by Crippen LogP contribution is 2.39. The number of rotatable bonds is 3. The van der Waals surface area contributed by atoms with Crippen molar-refractivity contribution in [1.82, 2.24) is 10.2 Å². The van der Waals surface area contributed by atoms with Crippen molar-refractivity contribution >= 4 is 21.8 Å². The molecule has 0 aliphatic carbocycles. The number of methoxy groups -OCH3 is 1. The maximum atomic E-state index is 13.5. The van der Waals surface area contributed by atoms with Gasteiger partial charge < -0.3 is 19.7 Å². The third-order valence-corrected chi connectivity index (χ3v) is 8.32. The molecule has 4 rings (SSSR count). The summed E-state index contributed by atoms with van der Waals surface area (Å²) in [4.78, 5) is 28.4. The van der Waals surface area contributed by atoms with E-state index >= 15 is 0 Å². The molecule has 1 atom stereocenters. The number of benzene rings is 2. The van der Waals surface area contributed by atoms with Crippen molar-refractivity contribution in [2.75, 3.05) is 26.8 Å². The van der Waals surface area contributed by atoms with Crippen LogP contribution in [0.5, 0.6) is 11.5 Å². The molecule has 2 heterocycles. The molecule has 1 spiro atoms. The number of carbonyl (C=O) groups excluding carboxylic acids is 2. The summed E-state index contributed by atoms with van der Waals surface area (Å²) in [5.41, 5.74) is 0.736. The molecule has 0 bridgehead atoms. The number of amides is 2. The lowest BCUT2D eigenvalue weighted by Gasteiger charge is -2.41. The zero-order valence-electron chi connectivity index (χ0n) is 21.4. The average molecular weight is 530 g/mol. The summed E-state index contributed by atoms with van der Waals surface area (Å²) in [5, 5.41) is 8.41. The number of primary sulfonamides is 1. The largest absolute Gasteiger partial charge is 0.496 e. The van der Waals surface area contributed by atoms with E-state index in [1.165, 1.54) is 30.9 Å². The molecular weight excluding hydrogens is 494 g/mol. The van der Waals surface area contributed by atoms with Crippen molar-refractivity contribution in [1.29, 1.82) is 0 Å². The van der Waals surface area contributed by atoms with Gasteiger partial charge in [-0.15, -0.1) is 0 Å². The van der Waals surface area contributed by atoms with Crippen molar-refractivity contribution in [3.8, 4) is 11.5 Å². The van der Waals surface area contributed by atoms with Crippen LogP contribution in [0.2, 0.25) is 0 Å². The van der Waals surface area contributed by atoms with Gasteiger partial charge in [0.05, 0.1) is 29.0 Å². The molecule has 3 N–H and O–H groups in total. The number of hydrogen-bond acceptors (Lipinski definition) is 6. The highest BCUT2D eigenvalue weighted by Gasteiger charge is 2.42. The van der Waals surface area contributed by atoms with E-state index in [1.807, 2.05) is 25.1 Å². The van der Waals surface area contributed by atoms with E-state index in [-0.39, 0.29) is 34.1 Å². The monoisotopic (exact) mass is 529 g/mol. The maximum absolute atomic E-state index is 13.5. The van der Waals surface area contributed by atoms with Gasteiger partial charge in [-0.3, -0.25) is 9.59 Å². The fourth-order valence-electron chi connectivity index (χ4n) is 5.19. The number of aryl methyl sites for hydroxylation is 1. The Hall–Kier alpha value is -3.11. The van der Waals surface area contributed by atoms with E-state index in [0.717, 1.165) is 31.4 Å². The average Bonchev–Trinajstić information content (AvgIpc) is 2.89. The first-order chi connectivity index (χ1) is 17.6. The summed E-state index contributed by atoms with van der Waals surface area (Å²) in [6.07, 6.45) is 4.48. The van der Waals surface area contributed by atoms with Crippen LogP contribution in [0.15, 0.2) is 47.4 Å². The van der Waals surface area contributed by atoms with E-state index in [4.69, 9.17) is 14.6 Å². The molecule has 2 aliphatic heterocycles. The molecular formula is C27H35N3O6S. The quantitative estimate of drug-likeness (QED) is 0.629. The number of fused-ring (bicyclic) bond motifs is 1. The Balaban J connectivity index is 1.50. The van der Waals surface area contributed by atoms with Crippen LogP contribution in [0.4, 0.5) is 0 Å². The predicted octanol–water partition coefficient (Wildman–Crippen LogP) is 2.88. The summed E-state index contributed by atoms with van der Waals surface area (Å²) in [6.45, 7) is 3.07. The van der Waals surface area contributed by atoms with Gasteiger partial charge in [0.25, 0.3) is 5.91 Å². The second-order valence-corrected chi connectivity index (χ2v) is 11.5. The zero-order valence-corrected chi connectivity index (χ0v) is 22.2. The molecule has 37 heavy (non-hydrogen) atoms. The standard InChI is InChI=1S/C27H35N3O6S/c1-19-18-36-23-9-4-3-7-20(23)8-5-6-12-27(26(32)29-19)13-15-30(16-14-27)25(31)22-17-21(37(28,33)34)10-11-24(22)35-2/h3-4,7,9-11,17,19H,5-6,8,12-16,18H2,1-2H3,(H,29,32)(H2,28,33,34)/t19-/m1/s1. The van der Waals surface area contributed by atoms with Crippen LogP contribution in [0.3, 0.4) is 0 Å². The van der Waals surface area contributed by atoms with Gasteiger partial charge >= 0.3 is 0 Å². The van der Waals surface area contributed by atoms with Gasteiger partial charge in [0, 0.05) is 13.1 Å². The molecule has 2 aliphatic rings. The van der Waals surface area contributed by atoms with Crippen LogP contribution in [-0.2, 0) is 21.2 Å². The minimum absolute atomic E-state index is 0.00152. The molecule has 2 amide bonds. The molecule has 1 fully saturated rings. The fraction of sp³-hybridized carbons (Fsp3) is 0.481. The maximum Gasteiger partial charge on any atom is 0.257 e. The predicted molar refractivity (Wildman–Crippen MR) is 139 cm³/mol. The summed E-state index contributed by atoms with van der Waals surface area (Å²) >= 11 is 0. The Morgan fingerprint density at radius 1 is 1.14 bits per heavy atom. The van der Waals surface area contributed by atoms with E-state index in [1.54, 1.807) is 4.90 Å². The molecule has 9 nitrogen and oxygen atoms in total. The summed E-state index contributed by atoms with van der Waals surface area (Å²) in [5.74, 6) is 0.797. The number of piperidine rings is 1. The molecule has 1 saturated heterocycles.